The summed E-state index contributed by atoms with van der Waals surface area (Å²) in [4.78, 5) is 8.51. The van der Waals surface area contributed by atoms with Crippen LogP contribution in [0.1, 0.15) is 18.4 Å². The molecule has 1 aliphatic carbocycles. The number of nitrogens with one attached hydrogen (secondary N) is 1. The average Bonchev–Trinajstić information content (AvgIpc) is 3.26. The van der Waals surface area contributed by atoms with E-state index < -0.39 is 0 Å². The van der Waals surface area contributed by atoms with Crippen LogP contribution in [-0.2, 0) is 13.1 Å². The van der Waals surface area contributed by atoms with Crippen LogP contribution >= 0.6 is 11.6 Å². The zero-order chi connectivity index (χ0) is 18.6. The van der Waals surface area contributed by atoms with Crippen LogP contribution in [0.3, 0.4) is 0 Å². The van der Waals surface area contributed by atoms with Gasteiger partial charge in [0.05, 0.1) is 17.3 Å². The van der Waals surface area contributed by atoms with Crippen molar-refractivity contribution < 1.29 is 5.11 Å². The second kappa shape index (κ2) is 8.17. The van der Waals surface area contributed by atoms with Gasteiger partial charge in [-0.2, -0.15) is 5.10 Å². The maximum absolute atomic E-state index is 10.4. The third kappa shape index (κ3) is 4.53. The molecule has 27 heavy (non-hydrogen) atoms. The summed E-state index contributed by atoms with van der Waals surface area (Å²) in [6.45, 7) is 1.45. The van der Waals surface area contributed by atoms with E-state index in [1.54, 1.807) is 12.4 Å². The lowest BCUT2D eigenvalue weighted by molar-refractivity contribution is 0.145. The van der Waals surface area contributed by atoms with Crippen LogP contribution in [0, 0.1) is 5.92 Å². The van der Waals surface area contributed by atoms with E-state index in [9.17, 15) is 5.11 Å². The van der Waals surface area contributed by atoms with Crippen molar-refractivity contribution in [3.63, 3.8) is 0 Å². The van der Waals surface area contributed by atoms with Gasteiger partial charge in [0.1, 0.15) is 0 Å². The van der Waals surface area contributed by atoms with E-state index in [0.29, 0.717) is 17.5 Å². The van der Waals surface area contributed by atoms with Gasteiger partial charge in [-0.25, -0.2) is 0 Å². The molecule has 1 fully saturated rings. The highest BCUT2D eigenvalue weighted by Gasteiger charge is 2.32. The fraction of sp³-hybridized carbons (Fsp3) is 0.350. The van der Waals surface area contributed by atoms with Gasteiger partial charge >= 0.3 is 0 Å². The molecule has 3 heterocycles. The Morgan fingerprint density at radius 1 is 1.15 bits per heavy atom. The molecule has 3 aromatic heterocycles. The van der Waals surface area contributed by atoms with Gasteiger partial charge in [0.15, 0.2) is 0 Å². The van der Waals surface area contributed by atoms with E-state index in [4.69, 9.17) is 11.6 Å². The van der Waals surface area contributed by atoms with E-state index in [0.717, 1.165) is 36.1 Å². The van der Waals surface area contributed by atoms with E-state index in [2.05, 4.69) is 26.4 Å². The molecule has 0 radical (unpaired) electrons. The normalized spacial score (nSPS) is 22.2. The van der Waals surface area contributed by atoms with Crippen molar-refractivity contribution in [2.24, 2.45) is 5.92 Å². The lowest BCUT2D eigenvalue weighted by atomic mass is 10.1. The minimum atomic E-state index is -0.351. The van der Waals surface area contributed by atoms with Crippen LogP contribution in [0.2, 0.25) is 5.02 Å². The van der Waals surface area contributed by atoms with Crippen LogP contribution in [-0.4, -0.2) is 37.0 Å². The van der Waals surface area contributed by atoms with Gasteiger partial charge in [-0.1, -0.05) is 17.7 Å². The molecule has 0 aliphatic heterocycles. The molecule has 0 aromatic carbocycles. The van der Waals surface area contributed by atoms with Gasteiger partial charge in [0, 0.05) is 61.2 Å². The molecule has 0 spiro atoms. The molecular weight excluding hydrogens is 362 g/mol. The van der Waals surface area contributed by atoms with Crippen molar-refractivity contribution in [2.45, 2.75) is 38.1 Å². The summed E-state index contributed by atoms with van der Waals surface area (Å²) >= 11 is 5.92. The molecule has 1 saturated carbocycles. The lowest BCUT2D eigenvalue weighted by Crippen LogP contribution is -2.35. The zero-order valence-electron chi connectivity index (χ0n) is 14.9. The maximum Gasteiger partial charge on any atom is 0.0785 e. The molecule has 4 rings (SSSR count). The molecule has 0 saturated heterocycles. The van der Waals surface area contributed by atoms with Crippen LogP contribution in [0.25, 0.3) is 11.1 Å². The third-order valence-corrected chi connectivity index (χ3v) is 5.23. The highest BCUT2D eigenvalue weighted by Crippen LogP contribution is 2.28. The van der Waals surface area contributed by atoms with Crippen LogP contribution in [0.4, 0.5) is 0 Å². The number of hydrogen-bond acceptors (Lipinski definition) is 5. The predicted molar refractivity (Wildman–Crippen MR) is 104 cm³/mol. The predicted octanol–water partition coefficient (Wildman–Crippen LogP) is 2.92. The van der Waals surface area contributed by atoms with Gasteiger partial charge in [-0.3, -0.25) is 14.6 Å². The molecule has 6 nitrogen and oxygen atoms in total. The highest BCUT2D eigenvalue weighted by atomic mass is 35.5. The van der Waals surface area contributed by atoms with E-state index >= 15 is 0 Å². The Balaban J connectivity index is 1.35. The summed E-state index contributed by atoms with van der Waals surface area (Å²) in [5.41, 5.74) is 3.18. The standard InChI is InChI=1S/C20H22ClN5O/c21-18-11-25-26(13-18)12-14-5-19(20(27)6-14)24-8-15-4-17(10-23-7-15)16-2-1-3-22-9-16/h1-4,7,9-11,13-14,19-20,24,27H,5-6,8,12H2/t14?,19-,20-/m1/s1. The highest BCUT2D eigenvalue weighted by molar-refractivity contribution is 6.30. The minimum Gasteiger partial charge on any atom is -0.391 e. The molecule has 3 atom stereocenters. The van der Waals surface area contributed by atoms with Crippen LogP contribution in [0.5, 0.6) is 0 Å². The van der Waals surface area contributed by atoms with Crippen molar-refractivity contribution in [1.29, 1.82) is 0 Å². The molecule has 1 unspecified atom stereocenters. The fourth-order valence-electron chi connectivity index (χ4n) is 3.71. The van der Waals surface area contributed by atoms with Gasteiger partial charge in [-0.15, -0.1) is 0 Å². The first kappa shape index (κ1) is 18.1. The van der Waals surface area contributed by atoms with Gasteiger partial charge < -0.3 is 10.4 Å². The van der Waals surface area contributed by atoms with Crippen molar-refractivity contribution in [3.05, 3.63) is 66.0 Å². The van der Waals surface area contributed by atoms with E-state index in [1.807, 2.05) is 41.6 Å². The van der Waals surface area contributed by atoms with Crippen molar-refractivity contribution in [1.82, 2.24) is 25.1 Å². The molecule has 1 aliphatic rings. The number of rotatable bonds is 6. The Hall–Kier alpha value is -2.28. The average molecular weight is 384 g/mol. The zero-order valence-corrected chi connectivity index (χ0v) is 15.6. The molecule has 0 amide bonds. The van der Waals surface area contributed by atoms with E-state index in [1.165, 1.54) is 0 Å². The Bertz CT molecular complexity index is 885. The molecule has 7 heteroatoms. The molecule has 140 valence electrons. The van der Waals surface area contributed by atoms with Crippen molar-refractivity contribution in [3.8, 4) is 11.1 Å². The summed E-state index contributed by atoms with van der Waals surface area (Å²) in [5, 5.41) is 18.8. The first-order valence-corrected chi connectivity index (χ1v) is 9.49. The quantitative estimate of drug-likeness (QED) is 0.684. The number of halogens is 1. The summed E-state index contributed by atoms with van der Waals surface area (Å²) in [6, 6.07) is 6.13. The van der Waals surface area contributed by atoms with Crippen LogP contribution < -0.4 is 5.32 Å². The Morgan fingerprint density at radius 2 is 2.04 bits per heavy atom. The number of nitrogens with zero attached hydrogens (tertiary/aromatic N) is 4. The SMILES string of the molecule is O[C@@H]1CC(Cn2cc(Cl)cn2)C[C@H]1NCc1cncc(-c2cccnc2)c1. The topological polar surface area (TPSA) is 75.9 Å². The van der Waals surface area contributed by atoms with Gasteiger partial charge in [-0.05, 0) is 36.5 Å². The van der Waals surface area contributed by atoms with Crippen LogP contribution in [0.15, 0.2) is 55.4 Å². The summed E-state index contributed by atoms with van der Waals surface area (Å²) in [5.74, 6) is 0.383. The minimum absolute atomic E-state index is 0.0723. The lowest BCUT2D eigenvalue weighted by Gasteiger charge is -2.16. The van der Waals surface area contributed by atoms with Gasteiger partial charge in [0.2, 0.25) is 0 Å². The third-order valence-electron chi connectivity index (χ3n) is 5.03. The number of pyridine rings is 2. The second-order valence-electron chi connectivity index (χ2n) is 7.10. The molecule has 0 bridgehead atoms. The van der Waals surface area contributed by atoms with Crippen molar-refractivity contribution >= 4 is 11.6 Å². The fourth-order valence-corrected chi connectivity index (χ4v) is 3.87. The first-order valence-electron chi connectivity index (χ1n) is 9.11. The number of aliphatic hydroxyl groups is 1. The van der Waals surface area contributed by atoms with Crippen molar-refractivity contribution in [2.75, 3.05) is 0 Å². The number of aromatic nitrogens is 4. The number of hydrogen-bond donors (Lipinski definition) is 2. The first-order chi connectivity index (χ1) is 13.2. The Labute approximate surface area is 163 Å². The second-order valence-corrected chi connectivity index (χ2v) is 7.53. The summed E-state index contributed by atoms with van der Waals surface area (Å²) in [7, 11) is 0. The summed E-state index contributed by atoms with van der Waals surface area (Å²) in [6.07, 6.45) is 12.1. The monoisotopic (exact) mass is 383 g/mol. The largest absolute Gasteiger partial charge is 0.391 e. The Kier molecular flexibility index (Phi) is 5.48. The van der Waals surface area contributed by atoms with Gasteiger partial charge in [0.25, 0.3) is 0 Å². The smallest absolute Gasteiger partial charge is 0.0785 e. The van der Waals surface area contributed by atoms with E-state index in [-0.39, 0.29) is 12.1 Å². The maximum atomic E-state index is 10.4. The number of aliphatic hydroxyl groups excluding tert-OH is 1. The summed E-state index contributed by atoms with van der Waals surface area (Å²) < 4.78 is 1.85. The molecular formula is C20H22ClN5O. The molecule has 3 aromatic rings. The molecule has 2 N–H and O–H groups in total. The Morgan fingerprint density at radius 3 is 2.81 bits per heavy atom.